The molecular formula is C21H22ClNO3. The van der Waals surface area contributed by atoms with E-state index in [0.29, 0.717) is 48.4 Å². The van der Waals surface area contributed by atoms with Crippen LogP contribution in [0.5, 0.6) is 11.5 Å². The molecule has 4 nitrogen and oxygen atoms in total. The van der Waals surface area contributed by atoms with Crippen LogP contribution in [0.1, 0.15) is 22.3 Å². The maximum Gasteiger partial charge on any atom is 0.254 e. The number of rotatable bonds is 6. The Morgan fingerprint density at radius 3 is 2.73 bits per heavy atom. The molecule has 136 valence electrons. The maximum atomic E-state index is 13.0. The first-order valence-electron chi connectivity index (χ1n) is 8.72. The Kier molecular flexibility index (Phi) is 6.18. The third kappa shape index (κ3) is 4.38. The highest BCUT2D eigenvalue weighted by Crippen LogP contribution is 2.38. The zero-order valence-corrected chi connectivity index (χ0v) is 15.4. The molecule has 0 atom stereocenters. The van der Waals surface area contributed by atoms with Gasteiger partial charge in [-0.25, -0.2) is 0 Å². The fraction of sp³-hybridized carbons (Fsp3) is 0.286. The third-order valence-electron chi connectivity index (χ3n) is 4.20. The molecule has 0 N–H and O–H groups in total. The SMILES string of the molecule is C=CCN(CCc1ccccc1)C(=O)c1cc(Cl)c2c(c1)OCCCO2. The van der Waals surface area contributed by atoms with Crippen LogP contribution >= 0.6 is 11.6 Å². The van der Waals surface area contributed by atoms with Gasteiger partial charge in [-0.3, -0.25) is 4.79 Å². The second-order valence-corrected chi connectivity index (χ2v) is 6.52. The molecule has 26 heavy (non-hydrogen) atoms. The summed E-state index contributed by atoms with van der Waals surface area (Å²) < 4.78 is 11.3. The Labute approximate surface area is 159 Å². The number of nitrogens with zero attached hydrogens (tertiary/aromatic N) is 1. The van der Waals surface area contributed by atoms with Gasteiger partial charge in [-0.1, -0.05) is 48.0 Å². The van der Waals surface area contributed by atoms with Gasteiger partial charge in [0.25, 0.3) is 5.91 Å². The molecule has 0 saturated carbocycles. The van der Waals surface area contributed by atoms with Crippen LogP contribution in [0.4, 0.5) is 0 Å². The van der Waals surface area contributed by atoms with Gasteiger partial charge in [-0.2, -0.15) is 0 Å². The van der Waals surface area contributed by atoms with Crippen molar-refractivity contribution in [1.29, 1.82) is 0 Å². The Morgan fingerprint density at radius 2 is 1.96 bits per heavy atom. The van der Waals surface area contributed by atoms with Gasteiger partial charge in [0.05, 0.1) is 18.2 Å². The number of hydrogen-bond donors (Lipinski definition) is 0. The van der Waals surface area contributed by atoms with E-state index in [1.807, 2.05) is 18.2 Å². The van der Waals surface area contributed by atoms with Crippen molar-refractivity contribution in [2.75, 3.05) is 26.3 Å². The molecule has 0 bridgehead atoms. The van der Waals surface area contributed by atoms with Crippen LogP contribution in [0, 0.1) is 0 Å². The highest BCUT2D eigenvalue weighted by atomic mass is 35.5. The molecular weight excluding hydrogens is 350 g/mol. The van der Waals surface area contributed by atoms with Crippen LogP contribution in [-0.2, 0) is 6.42 Å². The summed E-state index contributed by atoms with van der Waals surface area (Å²) in [5, 5.41) is 0.398. The first-order valence-corrected chi connectivity index (χ1v) is 9.10. The number of benzene rings is 2. The summed E-state index contributed by atoms with van der Waals surface area (Å²) in [4.78, 5) is 14.8. The Bertz CT molecular complexity index is 776. The van der Waals surface area contributed by atoms with E-state index in [4.69, 9.17) is 21.1 Å². The maximum absolute atomic E-state index is 13.0. The first-order chi connectivity index (χ1) is 12.7. The lowest BCUT2D eigenvalue weighted by Crippen LogP contribution is -2.33. The minimum absolute atomic E-state index is 0.0987. The second-order valence-electron chi connectivity index (χ2n) is 6.11. The van der Waals surface area contributed by atoms with Gasteiger partial charge in [0.1, 0.15) is 0 Å². The van der Waals surface area contributed by atoms with Crippen LogP contribution in [0.2, 0.25) is 5.02 Å². The van der Waals surface area contributed by atoms with Crippen molar-refractivity contribution in [1.82, 2.24) is 4.90 Å². The molecule has 2 aromatic carbocycles. The zero-order valence-electron chi connectivity index (χ0n) is 14.6. The molecule has 1 amide bonds. The van der Waals surface area contributed by atoms with Gasteiger partial charge in [-0.15, -0.1) is 6.58 Å². The summed E-state index contributed by atoms with van der Waals surface area (Å²) in [6.07, 6.45) is 3.29. The standard InChI is InChI=1S/C21H22ClNO3/c1-2-10-23(11-9-16-7-4-3-5-8-16)21(24)17-14-18(22)20-19(15-17)25-12-6-13-26-20/h2-5,7-8,14-15H,1,6,9-13H2. The van der Waals surface area contributed by atoms with Crippen molar-refractivity contribution in [3.63, 3.8) is 0 Å². The molecule has 0 fully saturated rings. The molecule has 3 rings (SSSR count). The van der Waals surface area contributed by atoms with E-state index in [2.05, 4.69) is 18.7 Å². The second kappa shape index (κ2) is 8.77. The Hall–Kier alpha value is -2.46. The minimum atomic E-state index is -0.0987. The van der Waals surface area contributed by atoms with E-state index in [0.717, 1.165) is 12.8 Å². The van der Waals surface area contributed by atoms with Gasteiger partial charge in [0.15, 0.2) is 11.5 Å². The number of carbonyl (C=O) groups is 1. The monoisotopic (exact) mass is 371 g/mol. The summed E-state index contributed by atoms with van der Waals surface area (Å²) >= 11 is 6.32. The van der Waals surface area contributed by atoms with Crippen LogP contribution in [0.15, 0.2) is 55.1 Å². The summed E-state index contributed by atoms with van der Waals surface area (Å²) in [6.45, 7) is 5.94. The molecule has 0 unspecified atom stereocenters. The van der Waals surface area contributed by atoms with Gasteiger partial charge < -0.3 is 14.4 Å². The first kappa shape index (κ1) is 18.3. The lowest BCUT2D eigenvalue weighted by molar-refractivity contribution is 0.0775. The number of halogens is 1. The number of fused-ring (bicyclic) bond motifs is 1. The smallest absolute Gasteiger partial charge is 0.254 e. The molecule has 0 radical (unpaired) electrons. The quantitative estimate of drug-likeness (QED) is 0.707. The number of ether oxygens (including phenoxy) is 2. The number of amides is 1. The molecule has 0 aliphatic carbocycles. The van der Waals surface area contributed by atoms with Gasteiger partial charge >= 0.3 is 0 Å². The Balaban J connectivity index is 1.79. The van der Waals surface area contributed by atoms with Crippen molar-refractivity contribution < 1.29 is 14.3 Å². The fourth-order valence-electron chi connectivity index (χ4n) is 2.88. The van der Waals surface area contributed by atoms with E-state index >= 15 is 0 Å². The van der Waals surface area contributed by atoms with E-state index in [1.54, 1.807) is 23.1 Å². The van der Waals surface area contributed by atoms with Crippen LogP contribution in [0.25, 0.3) is 0 Å². The molecule has 5 heteroatoms. The average molecular weight is 372 g/mol. The lowest BCUT2D eigenvalue weighted by Gasteiger charge is -2.22. The van der Waals surface area contributed by atoms with Gasteiger partial charge in [0, 0.05) is 25.1 Å². The number of hydrogen-bond acceptors (Lipinski definition) is 3. The van der Waals surface area contributed by atoms with E-state index in [9.17, 15) is 4.79 Å². The molecule has 2 aromatic rings. The Morgan fingerprint density at radius 1 is 1.19 bits per heavy atom. The van der Waals surface area contributed by atoms with Crippen LogP contribution in [-0.4, -0.2) is 37.1 Å². The highest BCUT2D eigenvalue weighted by Gasteiger charge is 2.21. The van der Waals surface area contributed by atoms with Gasteiger partial charge in [-0.05, 0) is 24.1 Å². The van der Waals surface area contributed by atoms with Crippen molar-refractivity contribution in [3.05, 3.63) is 71.3 Å². The minimum Gasteiger partial charge on any atom is -0.489 e. The molecule has 0 spiro atoms. The average Bonchev–Trinajstić information content (AvgIpc) is 2.91. The summed E-state index contributed by atoms with van der Waals surface area (Å²) in [7, 11) is 0. The van der Waals surface area contributed by atoms with E-state index < -0.39 is 0 Å². The lowest BCUT2D eigenvalue weighted by atomic mass is 10.1. The molecule has 1 aliphatic rings. The fourth-order valence-corrected chi connectivity index (χ4v) is 3.14. The van der Waals surface area contributed by atoms with Crippen molar-refractivity contribution in [3.8, 4) is 11.5 Å². The zero-order chi connectivity index (χ0) is 18.4. The number of carbonyl (C=O) groups excluding carboxylic acids is 1. The van der Waals surface area contributed by atoms with E-state index in [1.165, 1.54) is 5.56 Å². The molecule has 1 aliphatic heterocycles. The molecule has 0 saturated heterocycles. The third-order valence-corrected chi connectivity index (χ3v) is 4.48. The summed E-state index contributed by atoms with van der Waals surface area (Å²) in [6, 6.07) is 13.5. The van der Waals surface area contributed by atoms with Crippen molar-refractivity contribution in [2.45, 2.75) is 12.8 Å². The van der Waals surface area contributed by atoms with Crippen LogP contribution < -0.4 is 9.47 Å². The van der Waals surface area contributed by atoms with Crippen molar-refractivity contribution >= 4 is 17.5 Å². The molecule has 0 aromatic heterocycles. The normalized spacial score (nSPS) is 13.0. The van der Waals surface area contributed by atoms with E-state index in [-0.39, 0.29) is 5.91 Å². The predicted molar refractivity (Wildman–Crippen MR) is 103 cm³/mol. The highest BCUT2D eigenvalue weighted by molar-refractivity contribution is 6.32. The summed E-state index contributed by atoms with van der Waals surface area (Å²) in [5.74, 6) is 0.943. The van der Waals surface area contributed by atoms with Gasteiger partial charge in [0.2, 0.25) is 0 Å². The molecule has 1 heterocycles. The van der Waals surface area contributed by atoms with Crippen LogP contribution in [0.3, 0.4) is 0 Å². The summed E-state index contributed by atoms with van der Waals surface area (Å²) in [5.41, 5.74) is 1.68. The predicted octanol–water partition coefficient (Wildman–Crippen LogP) is 4.37. The largest absolute Gasteiger partial charge is 0.489 e. The van der Waals surface area contributed by atoms with Crippen molar-refractivity contribution in [2.24, 2.45) is 0 Å². The topological polar surface area (TPSA) is 38.8 Å².